The molecule has 1 aliphatic heterocycles. The number of anilines is 1. The first kappa shape index (κ1) is 10.2. The first-order chi connectivity index (χ1) is 7.18. The molecule has 4 nitrogen and oxygen atoms in total. The van der Waals surface area contributed by atoms with Gasteiger partial charge in [0, 0.05) is 31.9 Å². The van der Waals surface area contributed by atoms with Crippen LogP contribution in [0, 0.1) is 0 Å². The smallest absolute Gasteiger partial charge is 0.266 e. The highest BCUT2D eigenvalue weighted by molar-refractivity contribution is 5.23. The Kier molecular flexibility index (Phi) is 2.77. The Morgan fingerprint density at radius 2 is 2.20 bits per heavy atom. The van der Waals surface area contributed by atoms with Gasteiger partial charge in [-0.05, 0) is 6.07 Å². The minimum Gasteiger partial charge on any atom is -0.352 e. The van der Waals surface area contributed by atoms with Gasteiger partial charge in [0.05, 0.1) is 6.04 Å². The van der Waals surface area contributed by atoms with Crippen LogP contribution in [0.15, 0.2) is 18.5 Å². The van der Waals surface area contributed by atoms with E-state index in [0.29, 0.717) is 12.5 Å². The summed E-state index contributed by atoms with van der Waals surface area (Å²) in [7, 11) is 0. The third-order valence-corrected chi connectivity index (χ3v) is 2.39. The number of aromatic nitrogens is 2. The van der Waals surface area contributed by atoms with Crippen LogP contribution in [-0.2, 0) is 0 Å². The highest BCUT2D eigenvalue weighted by atomic mass is 19.3. The minimum absolute atomic E-state index is 0.102. The van der Waals surface area contributed by atoms with Gasteiger partial charge < -0.3 is 10.6 Å². The summed E-state index contributed by atoms with van der Waals surface area (Å²) in [5.74, 6) is -2.26. The molecule has 1 saturated heterocycles. The molecule has 1 aromatic rings. The zero-order valence-corrected chi connectivity index (χ0v) is 8.08. The predicted molar refractivity (Wildman–Crippen MR) is 51.9 cm³/mol. The summed E-state index contributed by atoms with van der Waals surface area (Å²) in [5.41, 5.74) is 0. The van der Waals surface area contributed by atoms with E-state index in [1.807, 2.05) is 0 Å². The van der Waals surface area contributed by atoms with Crippen molar-refractivity contribution in [3.05, 3.63) is 18.5 Å². The second-order valence-electron chi connectivity index (χ2n) is 3.47. The van der Waals surface area contributed by atoms with Crippen molar-refractivity contribution in [2.24, 2.45) is 0 Å². The zero-order valence-electron chi connectivity index (χ0n) is 8.08. The van der Waals surface area contributed by atoms with Crippen molar-refractivity contribution in [1.29, 1.82) is 0 Å². The van der Waals surface area contributed by atoms with E-state index in [0.717, 1.165) is 0 Å². The molecule has 0 aliphatic carbocycles. The molecule has 0 radical (unpaired) electrons. The van der Waals surface area contributed by atoms with Crippen LogP contribution in [0.4, 0.5) is 14.7 Å². The summed E-state index contributed by atoms with van der Waals surface area (Å²) in [6.45, 7) is 0.492. The van der Waals surface area contributed by atoms with Gasteiger partial charge in [-0.3, -0.25) is 0 Å². The summed E-state index contributed by atoms with van der Waals surface area (Å²) in [6.07, 6.45) is 3.03. The normalized spacial score (nSPS) is 24.0. The molecule has 1 aromatic heterocycles. The van der Waals surface area contributed by atoms with Crippen molar-refractivity contribution in [3.8, 4) is 0 Å². The first-order valence-corrected chi connectivity index (χ1v) is 4.80. The Labute approximate surface area is 86.1 Å². The quantitative estimate of drug-likeness (QED) is 0.784. The van der Waals surface area contributed by atoms with Crippen LogP contribution in [0.3, 0.4) is 0 Å². The van der Waals surface area contributed by atoms with Gasteiger partial charge in [0.1, 0.15) is 0 Å². The van der Waals surface area contributed by atoms with Gasteiger partial charge in [-0.15, -0.1) is 0 Å². The number of rotatable bonds is 3. The number of alkyl halides is 2. The molecule has 2 N–H and O–H groups in total. The monoisotopic (exact) mass is 214 g/mol. The molecule has 1 atom stereocenters. The fourth-order valence-electron chi connectivity index (χ4n) is 1.54. The first-order valence-electron chi connectivity index (χ1n) is 4.80. The van der Waals surface area contributed by atoms with Gasteiger partial charge in [-0.1, -0.05) is 0 Å². The lowest BCUT2D eigenvalue weighted by atomic mass is 10.1. The summed E-state index contributed by atoms with van der Waals surface area (Å²) in [4.78, 5) is 7.79. The molecular weight excluding hydrogens is 202 g/mol. The molecule has 2 heterocycles. The van der Waals surface area contributed by atoms with E-state index in [1.165, 1.54) is 0 Å². The van der Waals surface area contributed by atoms with Crippen molar-refractivity contribution in [3.63, 3.8) is 0 Å². The average molecular weight is 214 g/mol. The number of nitrogens with zero attached hydrogens (tertiary/aromatic N) is 2. The molecule has 0 spiro atoms. The molecular formula is C9H12F2N4. The maximum absolute atomic E-state index is 13.2. The Balaban J connectivity index is 1.89. The van der Waals surface area contributed by atoms with E-state index < -0.39 is 12.0 Å². The van der Waals surface area contributed by atoms with E-state index in [-0.39, 0.29) is 13.0 Å². The molecule has 1 fully saturated rings. The summed E-state index contributed by atoms with van der Waals surface area (Å²) in [5, 5.41) is 5.53. The van der Waals surface area contributed by atoms with Crippen LogP contribution >= 0.6 is 0 Å². The average Bonchev–Trinajstić information content (AvgIpc) is 2.56. The molecule has 82 valence electrons. The molecule has 1 unspecified atom stereocenters. The molecule has 0 amide bonds. The van der Waals surface area contributed by atoms with Crippen molar-refractivity contribution >= 4 is 5.95 Å². The van der Waals surface area contributed by atoms with Crippen molar-refractivity contribution in [2.75, 3.05) is 18.4 Å². The molecule has 0 saturated carbocycles. The Bertz CT molecular complexity index is 317. The third-order valence-electron chi connectivity index (χ3n) is 2.39. The van der Waals surface area contributed by atoms with E-state index in [9.17, 15) is 8.78 Å². The van der Waals surface area contributed by atoms with E-state index in [4.69, 9.17) is 0 Å². The van der Waals surface area contributed by atoms with Crippen LogP contribution in [0.1, 0.15) is 6.42 Å². The highest BCUT2D eigenvalue weighted by Gasteiger charge is 2.43. The predicted octanol–water partition coefficient (Wildman–Crippen LogP) is 0.886. The lowest BCUT2D eigenvalue weighted by Gasteiger charge is -2.18. The molecule has 0 bridgehead atoms. The zero-order chi connectivity index (χ0) is 10.7. The Morgan fingerprint density at radius 1 is 1.47 bits per heavy atom. The Morgan fingerprint density at radius 3 is 2.80 bits per heavy atom. The van der Waals surface area contributed by atoms with E-state index >= 15 is 0 Å². The van der Waals surface area contributed by atoms with Gasteiger partial charge in [0.2, 0.25) is 5.95 Å². The topological polar surface area (TPSA) is 49.8 Å². The van der Waals surface area contributed by atoms with Crippen LogP contribution < -0.4 is 10.6 Å². The van der Waals surface area contributed by atoms with Gasteiger partial charge in [0.25, 0.3) is 5.92 Å². The van der Waals surface area contributed by atoms with Crippen molar-refractivity contribution < 1.29 is 8.78 Å². The van der Waals surface area contributed by atoms with Gasteiger partial charge in [0.15, 0.2) is 0 Å². The highest BCUT2D eigenvalue weighted by Crippen LogP contribution is 2.27. The van der Waals surface area contributed by atoms with Gasteiger partial charge >= 0.3 is 0 Å². The second kappa shape index (κ2) is 4.06. The number of hydrogen-bond acceptors (Lipinski definition) is 4. The van der Waals surface area contributed by atoms with Gasteiger partial charge in [-0.2, -0.15) is 0 Å². The van der Waals surface area contributed by atoms with Crippen LogP contribution in [-0.4, -0.2) is 35.0 Å². The van der Waals surface area contributed by atoms with Crippen LogP contribution in [0.5, 0.6) is 0 Å². The minimum atomic E-state index is -2.64. The lowest BCUT2D eigenvalue weighted by Crippen LogP contribution is -2.41. The SMILES string of the molecule is FC1(F)CCNC1CNc1ncccn1. The molecule has 6 heteroatoms. The molecule has 1 aliphatic rings. The molecule has 15 heavy (non-hydrogen) atoms. The van der Waals surface area contributed by atoms with Crippen molar-refractivity contribution in [1.82, 2.24) is 15.3 Å². The largest absolute Gasteiger partial charge is 0.352 e. The summed E-state index contributed by atoms with van der Waals surface area (Å²) < 4.78 is 26.3. The lowest BCUT2D eigenvalue weighted by molar-refractivity contribution is -0.00693. The van der Waals surface area contributed by atoms with Crippen LogP contribution in [0.2, 0.25) is 0 Å². The summed E-state index contributed by atoms with van der Waals surface area (Å²) in [6, 6.07) is 0.842. The Hall–Kier alpha value is -1.30. The fourth-order valence-corrected chi connectivity index (χ4v) is 1.54. The fraction of sp³-hybridized carbons (Fsp3) is 0.556. The second-order valence-corrected chi connectivity index (χ2v) is 3.47. The maximum atomic E-state index is 13.2. The van der Waals surface area contributed by atoms with E-state index in [1.54, 1.807) is 18.5 Å². The van der Waals surface area contributed by atoms with Crippen LogP contribution in [0.25, 0.3) is 0 Å². The maximum Gasteiger partial charge on any atom is 0.266 e. The summed E-state index contributed by atoms with van der Waals surface area (Å²) >= 11 is 0. The molecule has 2 rings (SSSR count). The number of nitrogens with one attached hydrogen (secondary N) is 2. The van der Waals surface area contributed by atoms with Gasteiger partial charge in [-0.25, -0.2) is 18.7 Å². The molecule has 0 aromatic carbocycles. The van der Waals surface area contributed by atoms with E-state index in [2.05, 4.69) is 20.6 Å². The third kappa shape index (κ3) is 2.38. The number of hydrogen-bond donors (Lipinski definition) is 2. The van der Waals surface area contributed by atoms with Crippen molar-refractivity contribution in [2.45, 2.75) is 18.4 Å². The standard InChI is InChI=1S/C9H12F2N4/c10-9(11)2-5-12-7(9)6-15-8-13-3-1-4-14-8/h1,3-4,7,12H,2,5-6H2,(H,13,14,15). The number of halogens is 2.